The first-order chi connectivity index (χ1) is 13.5. The number of amides is 2. The fraction of sp³-hybridized carbons (Fsp3) is 0.235. The molecule has 3 rings (SSSR count). The van der Waals surface area contributed by atoms with Crippen LogP contribution in [0.4, 0.5) is 22.3 Å². The standard InChI is InChI=1S/C17H17N7O3S/c1-3-12(26)19-10-8-11(25)16(20-13(27)4-2)21-15(10)22-23-17-9-6-5-7-18-14(9)24-28-17/h5-8,25H,3-4H2,1-2H3,(H,19,26)(H,20,21,27). The lowest BCUT2D eigenvalue weighted by Crippen LogP contribution is -2.13. The molecule has 0 unspecified atom stereocenters. The van der Waals surface area contributed by atoms with Gasteiger partial charge < -0.3 is 15.7 Å². The fourth-order valence-electron chi connectivity index (χ4n) is 2.15. The van der Waals surface area contributed by atoms with E-state index in [1.165, 1.54) is 6.07 Å². The molecule has 0 fully saturated rings. The van der Waals surface area contributed by atoms with Crippen LogP contribution in [0.25, 0.3) is 11.0 Å². The first-order valence-electron chi connectivity index (χ1n) is 8.47. The number of azo groups is 1. The lowest BCUT2D eigenvalue weighted by atomic mass is 10.3. The zero-order valence-corrected chi connectivity index (χ0v) is 15.9. The molecule has 0 saturated carbocycles. The van der Waals surface area contributed by atoms with E-state index in [-0.39, 0.29) is 47.7 Å². The third-order valence-corrected chi connectivity index (χ3v) is 4.37. The minimum Gasteiger partial charge on any atom is -0.504 e. The second-order valence-electron chi connectivity index (χ2n) is 5.59. The Labute approximate surface area is 163 Å². The predicted molar refractivity (Wildman–Crippen MR) is 105 cm³/mol. The van der Waals surface area contributed by atoms with Gasteiger partial charge in [-0.15, -0.1) is 10.2 Å². The van der Waals surface area contributed by atoms with Crippen molar-refractivity contribution in [2.45, 2.75) is 26.7 Å². The maximum Gasteiger partial charge on any atom is 0.225 e. The van der Waals surface area contributed by atoms with Crippen molar-refractivity contribution in [2.75, 3.05) is 10.6 Å². The van der Waals surface area contributed by atoms with Gasteiger partial charge in [0.1, 0.15) is 0 Å². The largest absolute Gasteiger partial charge is 0.504 e. The number of anilines is 2. The third kappa shape index (κ3) is 4.26. The van der Waals surface area contributed by atoms with Gasteiger partial charge in [-0.1, -0.05) is 13.8 Å². The maximum absolute atomic E-state index is 11.8. The Morgan fingerprint density at radius 2 is 1.93 bits per heavy atom. The molecule has 3 N–H and O–H groups in total. The topological polar surface area (TPSA) is 142 Å². The summed E-state index contributed by atoms with van der Waals surface area (Å²) in [6.07, 6.45) is 2.08. The SMILES string of the molecule is CCC(=O)Nc1cc(O)c(NC(=O)CC)nc1N=Nc1snc2ncccc12. The summed E-state index contributed by atoms with van der Waals surface area (Å²) in [6, 6.07) is 4.85. The molecule has 3 aromatic heterocycles. The van der Waals surface area contributed by atoms with E-state index in [9.17, 15) is 14.7 Å². The molecule has 11 heteroatoms. The highest BCUT2D eigenvalue weighted by atomic mass is 32.1. The average molecular weight is 399 g/mol. The molecule has 144 valence electrons. The monoisotopic (exact) mass is 399 g/mol. The van der Waals surface area contributed by atoms with Gasteiger partial charge in [-0.2, -0.15) is 4.37 Å². The third-order valence-electron chi connectivity index (χ3n) is 3.63. The van der Waals surface area contributed by atoms with Crippen molar-refractivity contribution in [2.24, 2.45) is 10.2 Å². The number of nitrogens with zero attached hydrogens (tertiary/aromatic N) is 5. The first-order valence-corrected chi connectivity index (χ1v) is 9.25. The van der Waals surface area contributed by atoms with Crippen molar-refractivity contribution in [3.05, 3.63) is 24.4 Å². The lowest BCUT2D eigenvalue weighted by molar-refractivity contribution is -0.116. The van der Waals surface area contributed by atoms with Crippen molar-refractivity contribution in [3.8, 4) is 5.75 Å². The molecule has 0 spiro atoms. The number of hydrogen-bond acceptors (Lipinski definition) is 9. The van der Waals surface area contributed by atoms with Gasteiger partial charge in [0, 0.05) is 25.1 Å². The summed E-state index contributed by atoms with van der Waals surface area (Å²) in [7, 11) is 0. The van der Waals surface area contributed by atoms with Crippen LogP contribution in [-0.4, -0.2) is 31.3 Å². The summed E-state index contributed by atoms with van der Waals surface area (Å²) in [5.41, 5.74) is 0.727. The molecule has 0 aliphatic carbocycles. The number of aromatic hydroxyl groups is 1. The second-order valence-corrected chi connectivity index (χ2v) is 6.34. The Kier molecular flexibility index (Phi) is 5.84. The quantitative estimate of drug-likeness (QED) is 0.537. The predicted octanol–water partition coefficient (Wildman–Crippen LogP) is 3.90. The number of fused-ring (bicyclic) bond motifs is 1. The van der Waals surface area contributed by atoms with Crippen LogP contribution in [0, 0.1) is 0 Å². The number of aromatic nitrogens is 3. The number of carbonyl (C=O) groups excluding carboxylic acids is 2. The molecule has 10 nitrogen and oxygen atoms in total. The van der Waals surface area contributed by atoms with E-state index in [2.05, 4.69) is 35.2 Å². The second kappa shape index (κ2) is 8.48. The molecule has 0 radical (unpaired) electrons. The molecule has 0 bridgehead atoms. The Balaban J connectivity index is 2.01. The van der Waals surface area contributed by atoms with E-state index >= 15 is 0 Å². The molecular formula is C17H17N7O3S. The molecule has 0 aliphatic heterocycles. The maximum atomic E-state index is 11.8. The molecule has 3 heterocycles. The van der Waals surface area contributed by atoms with Gasteiger partial charge >= 0.3 is 0 Å². The normalized spacial score (nSPS) is 11.1. The van der Waals surface area contributed by atoms with Gasteiger partial charge in [-0.05, 0) is 23.7 Å². The van der Waals surface area contributed by atoms with E-state index in [0.29, 0.717) is 10.6 Å². The molecule has 2 amide bonds. The molecule has 3 aromatic rings. The number of hydrogen-bond donors (Lipinski definition) is 3. The van der Waals surface area contributed by atoms with Gasteiger partial charge in [0.15, 0.2) is 22.2 Å². The van der Waals surface area contributed by atoms with Crippen LogP contribution in [-0.2, 0) is 9.59 Å². The first kappa shape index (κ1) is 19.3. The van der Waals surface area contributed by atoms with Crippen LogP contribution >= 0.6 is 11.5 Å². The van der Waals surface area contributed by atoms with E-state index in [1.807, 2.05) is 6.07 Å². The van der Waals surface area contributed by atoms with Gasteiger partial charge in [-0.3, -0.25) is 9.59 Å². The number of pyridine rings is 2. The van der Waals surface area contributed by atoms with Crippen LogP contribution in [0.15, 0.2) is 34.6 Å². The zero-order chi connectivity index (χ0) is 20.1. The number of nitrogens with one attached hydrogen (secondary N) is 2. The van der Waals surface area contributed by atoms with Gasteiger partial charge in [0.25, 0.3) is 0 Å². The van der Waals surface area contributed by atoms with Gasteiger partial charge in [-0.25, -0.2) is 9.97 Å². The van der Waals surface area contributed by atoms with Crippen molar-refractivity contribution < 1.29 is 14.7 Å². The van der Waals surface area contributed by atoms with Crippen LogP contribution in [0.1, 0.15) is 26.7 Å². The highest BCUT2D eigenvalue weighted by molar-refractivity contribution is 7.11. The molecule has 0 aromatic carbocycles. The van der Waals surface area contributed by atoms with Crippen molar-refractivity contribution in [1.82, 2.24) is 14.3 Å². The Morgan fingerprint density at radius 3 is 2.68 bits per heavy atom. The summed E-state index contributed by atoms with van der Waals surface area (Å²) in [5.74, 6) is -0.923. The molecular weight excluding hydrogens is 382 g/mol. The number of carbonyl (C=O) groups is 2. The van der Waals surface area contributed by atoms with Crippen molar-refractivity contribution in [3.63, 3.8) is 0 Å². The van der Waals surface area contributed by atoms with E-state index < -0.39 is 0 Å². The minimum atomic E-state index is -0.324. The summed E-state index contributed by atoms with van der Waals surface area (Å²) in [6.45, 7) is 3.36. The molecule has 0 atom stereocenters. The number of rotatable bonds is 6. The average Bonchev–Trinajstić information content (AvgIpc) is 3.11. The fourth-order valence-corrected chi connectivity index (χ4v) is 2.80. The van der Waals surface area contributed by atoms with Crippen LogP contribution in [0.3, 0.4) is 0 Å². The van der Waals surface area contributed by atoms with Gasteiger partial charge in [0.05, 0.1) is 11.1 Å². The molecule has 28 heavy (non-hydrogen) atoms. The Bertz CT molecular complexity index is 1060. The lowest BCUT2D eigenvalue weighted by Gasteiger charge is -2.10. The summed E-state index contributed by atoms with van der Waals surface area (Å²) in [5, 5.41) is 24.7. The van der Waals surface area contributed by atoms with Crippen LogP contribution in [0.2, 0.25) is 0 Å². The van der Waals surface area contributed by atoms with Crippen LogP contribution in [0.5, 0.6) is 5.75 Å². The molecule has 0 saturated heterocycles. The van der Waals surface area contributed by atoms with Gasteiger partial charge in [0.2, 0.25) is 17.6 Å². The van der Waals surface area contributed by atoms with E-state index in [1.54, 1.807) is 26.1 Å². The van der Waals surface area contributed by atoms with E-state index in [0.717, 1.165) is 16.9 Å². The smallest absolute Gasteiger partial charge is 0.225 e. The summed E-state index contributed by atoms with van der Waals surface area (Å²) in [4.78, 5) is 31.7. The Hall–Kier alpha value is -3.47. The zero-order valence-electron chi connectivity index (χ0n) is 15.1. The molecule has 0 aliphatic rings. The van der Waals surface area contributed by atoms with Crippen molar-refractivity contribution in [1.29, 1.82) is 0 Å². The van der Waals surface area contributed by atoms with E-state index in [4.69, 9.17) is 0 Å². The summed E-state index contributed by atoms with van der Waals surface area (Å²) < 4.78 is 4.19. The Morgan fingerprint density at radius 1 is 1.18 bits per heavy atom. The highest BCUT2D eigenvalue weighted by Gasteiger charge is 2.15. The van der Waals surface area contributed by atoms with Crippen molar-refractivity contribution >= 4 is 56.7 Å². The van der Waals surface area contributed by atoms with Crippen LogP contribution < -0.4 is 10.6 Å². The minimum absolute atomic E-state index is 0.0384. The summed E-state index contributed by atoms with van der Waals surface area (Å²) >= 11 is 1.12. The highest BCUT2D eigenvalue weighted by Crippen LogP contribution is 2.35.